The van der Waals surface area contributed by atoms with Crippen molar-refractivity contribution in [2.75, 3.05) is 20.8 Å². The van der Waals surface area contributed by atoms with Crippen LogP contribution in [0.1, 0.15) is 16.7 Å². The molecule has 0 radical (unpaired) electrons. The van der Waals surface area contributed by atoms with Crippen LogP contribution >= 0.6 is 0 Å². The summed E-state index contributed by atoms with van der Waals surface area (Å²) in [5.41, 5.74) is 2.67. The number of aryl methyl sites for hydroxylation is 2. The molecule has 5 heteroatoms. The summed E-state index contributed by atoms with van der Waals surface area (Å²) in [6.45, 7) is 4.13. The van der Waals surface area contributed by atoms with Crippen LogP contribution < -0.4 is 9.47 Å². The Morgan fingerprint density at radius 2 is 1.83 bits per heavy atom. The van der Waals surface area contributed by atoms with Crippen LogP contribution in [0.15, 0.2) is 36.4 Å². The predicted molar refractivity (Wildman–Crippen MR) is 90.8 cm³/mol. The summed E-state index contributed by atoms with van der Waals surface area (Å²) in [6, 6.07) is 10.5. The number of amides is 1. The van der Waals surface area contributed by atoms with Gasteiger partial charge in [0.2, 0.25) is 0 Å². The summed E-state index contributed by atoms with van der Waals surface area (Å²) in [7, 11) is 3.08. The predicted octanol–water partition coefficient (Wildman–Crippen LogP) is 3.49. The maximum Gasteiger partial charge on any atom is 0.260 e. The van der Waals surface area contributed by atoms with Gasteiger partial charge in [0.1, 0.15) is 5.75 Å². The van der Waals surface area contributed by atoms with Crippen molar-refractivity contribution in [3.8, 4) is 11.5 Å². The molecule has 0 aromatic heterocycles. The second-order valence-corrected chi connectivity index (χ2v) is 5.73. The summed E-state index contributed by atoms with van der Waals surface area (Å²) >= 11 is 0. The Morgan fingerprint density at radius 1 is 1.17 bits per heavy atom. The first-order chi connectivity index (χ1) is 11.4. The first-order valence-electron chi connectivity index (χ1n) is 7.67. The van der Waals surface area contributed by atoms with Crippen molar-refractivity contribution >= 4 is 5.91 Å². The number of methoxy groups -OCH3 is 1. The smallest absolute Gasteiger partial charge is 0.260 e. The molecule has 0 N–H and O–H groups in total. The van der Waals surface area contributed by atoms with Gasteiger partial charge in [-0.15, -0.1) is 0 Å². The highest BCUT2D eigenvalue weighted by molar-refractivity contribution is 5.77. The topological polar surface area (TPSA) is 38.8 Å². The van der Waals surface area contributed by atoms with Crippen molar-refractivity contribution < 1.29 is 18.7 Å². The fraction of sp³-hybridized carbons (Fsp3) is 0.316. The van der Waals surface area contributed by atoms with E-state index in [1.54, 1.807) is 19.2 Å². The molecule has 0 heterocycles. The van der Waals surface area contributed by atoms with Crippen molar-refractivity contribution in [1.29, 1.82) is 0 Å². The van der Waals surface area contributed by atoms with E-state index in [4.69, 9.17) is 9.47 Å². The lowest BCUT2D eigenvalue weighted by Gasteiger charge is -2.19. The van der Waals surface area contributed by atoms with Crippen molar-refractivity contribution in [2.45, 2.75) is 20.4 Å². The molecule has 4 nitrogen and oxygen atoms in total. The van der Waals surface area contributed by atoms with Crippen molar-refractivity contribution in [2.24, 2.45) is 0 Å². The van der Waals surface area contributed by atoms with E-state index < -0.39 is 5.82 Å². The molecule has 24 heavy (non-hydrogen) atoms. The summed E-state index contributed by atoms with van der Waals surface area (Å²) in [5, 5.41) is 0. The third-order valence-electron chi connectivity index (χ3n) is 3.81. The fourth-order valence-corrected chi connectivity index (χ4v) is 2.44. The molecule has 0 saturated carbocycles. The molecule has 0 aliphatic rings. The van der Waals surface area contributed by atoms with Crippen LogP contribution in [0.5, 0.6) is 11.5 Å². The monoisotopic (exact) mass is 331 g/mol. The first-order valence-corrected chi connectivity index (χ1v) is 7.67. The van der Waals surface area contributed by atoms with Gasteiger partial charge in [-0.3, -0.25) is 4.79 Å². The van der Waals surface area contributed by atoms with Crippen molar-refractivity contribution in [3.05, 3.63) is 58.9 Å². The second kappa shape index (κ2) is 7.81. The molecule has 0 spiro atoms. The van der Waals surface area contributed by atoms with Gasteiger partial charge in [-0.2, -0.15) is 0 Å². The molecular formula is C19H22FNO3. The standard InChI is InChI=1S/C19H22FNO3/c1-13-6-5-7-14(2)19(13)24-12-18(22)21(3)11-15-8-9-17(23-4)16(20)10-15/h5-10H,11-12H2,1-4H3. The lowest BCUT2D eigenvalue weighted by Crippen LogP contribution is -2.31. The molecule has 0 aliphatic heterocycles. The SMILES string of the molecule is COc1ccc(CN(C)C(=O)COc2c(C)cccc2C)cc1F. The maximum atomic E-state index is 13.7. The van der Waals surface area contributed by atoms with E-state index in [0.717, 1.165) is 16.9 Å². The van der Waals surface area contributed by atoms with Gasteiger partial charge in [0.05, 0.1) is 7.11 Å². The summed E-state index contributed by atoms with van der Waals surface area (Å²) in [5.74, 6) is 0.303. The van der Waals surface area contributed by atoms with E-state index in [9.17, 15) is 9.18 Å². The zero-order valence-corrected chi connectivity index (χ0v) is 14.4. The highest BCUT2D eigenvalue weighted by atomic mass is 19.1. The Kier molecular flexibility index (Phi) is 5.79. The van der Waals surface area contributed by atoms with E-state index in [0.29, 0.717) is 12.1 Å². The molecule has 0 unspecified atom stereocenters. The van der Waals surface area contributed by atoms with Gasteiger partial charge in [0.25, 0.3) is 5.91 Å². The zero-order valence-electron chi connectivity index (χ0n) is 14.4. The minimum Gasteiger partial charge on any atom is -0.494 e. The van der Waals surface area contributed by atoms with Crippen molar-refractivity contribution in [1.82, 2.24) is 4.90 Å². The summed E-state index contributed by atoms with van der Waals surface area (Å²) in [4.78, 5) is 13.7. The molecular weight excluding hydrogens is 309 g/mol. The molecule has 0 atom stereocenters. The van der Waals surface area contributed by atoms with E-state index in [-0.39, 0.29) is 18.3 Å². The summed E-state index contributed by atoms with van der Waals surface area (Å²) in [6.07, 6.45) is 0. The fourth-order valence-electron chi connectivity index (χ4n) is 2.44. The third kappa shape index (κ3) is 4.25. The molecule has 2 aromatic carbocycles. The van der Waals surface area contributed by atoms with Gasteiger partial charge in [0.15, 0.2) is 18.2 Å². The van der Waals surface area contributed by atoms with Crippen LogP contribution in [0.3, 0.4) is 0 Å². The molecule has 0 aliphatic carbocycles. The van der Waals surface area contributed by atoms with E-state index in [2.05, 4.69) is 0 Å². The van der Waals surface area contributed by atoms with Gasteiger partial charge in [-0.1, -0.05) is 24.3 Å². The number of ether oxygens (including phenoxy) is 2. The molecule has 0 bridgehead atoms. The Morgan fingerprint density at radius 3 is 2.42 bits per heavy atom. The Labute approximate surface area is 141 Å². The van der Waals surface area contributed by atoms with Crippen LogP contribution in [-0.2, 0) is 11.3 Å². The number of rotatable bonds is 6. The molecule has 1 amide bonds. The zero-order chi connectivity index (χ0) is 17.7. The minimum atomic E-state index is -0.442. The average molecular weight is 331 g/mol. The van der Waals surface area contributed by atoms with Gasteiger partial charge in [0, 0.05) is 13.6 Å². The van der Waals surface area contributed by atoms with Gasteiger partial charge in [-0.05, 0) is 42.7 Å². The van der Waals surface area contributed by atoms with Crippen molar-refractivity contribution in [3.63, 3.8) is 0 Å². The quantitative estimate of drug-likeness (QED) is 0.813. The highest BCUT2D eigenvalue weighted by Crippen LogP contribution is 2.22. The number of hydrogen-bond donors (Lipinski definition) is 0. The number of halogens is 1. The Bertz CT molecular complexity index is 710. The summed E-state index contributed by atoms with van der Waals surface area (Å²) < 4.78 is 24.3. The van der Waals surface area contributed by atoms with E-state index >= 15 is 0 Å². The van der Waals surface area contributed by atoms with Crippen LogP contribution in [0, 0.1) is 19.7 Å². The molecule has 2 aromatic rings. The van der Waals surface area contributed by atoms with Crippen LogP contribution in [0.25, 0.3) is 0 Å². The number of nitrogens with zero attached hydrogens (tertiary/aromatic N) is 1. The number of likely N-dealkylation sites (N-methyl/N-ethyl adjacent to an activating group) is 1. The molecule has 2 rings (SSSR count). The van der Waals surface area contributed by atoms with Crippen LogP contribution in [0.2, 0.25) is 0 Å². The number of benzene rings is 2. The van der Waals surface area contributed by atoms with Crippen LogP contribution in [0.4, 0.5) is 4.39 Å². The highest BCUT2D eigenvalue weighted by Gasteiger charge is 2.13. The Balaban J connectivity index is 1.96. The lowest BCUT2D eigenvalue weighted by atomic mass is 10.1. The number of para-hydroxylation sites is 1. The molecule has 128 valence electrons. The normalized spacial score (nSPS) is 10.4. The largest absolute Gasteiger partial charge is 0.494 e. The van der Waals surface area contributed by atoms with Crippen LogP contribution in [-0.4, -0.2) is 31.6 Å². The number of hydrogen-bond acceptors (Lipinski definition) is 3. The van der Waals surface area contributed by atoms with E-state index in [1.165, 1.54) is 18.1 Å². The number of carbonyl (C=O) groups is 1. The lowest BCUT2D eigenvalue weighted by molar-refractivity contribution is -0.132. The Hall–Kier alpha value is -2.56. The van der Waals surface area contributed by atoms with Gasteiger partial charge in [-0.25, -0.2) is 4.39 Å². The van der Waals surface area contributed by atoms with E-state index in [1.807, 2.05) is 32.0 Å². The molecule has 0 saturated heterocycles. The average Bonchev–Trinajstić information content (AvgIpc) is 2.54. The molecule has 0 fully saturated rings. The first kappa shape index (κ1) is 17.8. The second-order valence-electron chi connectivity index (χ2n) is 5.73. The third-order valence-corrected chi connectivity index (χ3v) is 3.81. The van der Waals surface area contributed by atoms with Gasteiger partial charge < -0.3 is 14.4 Å². The number of carbonyl (C=O) groups excluding carboxylic acids is 1. The maximum absolute atomic E-state index is 13.7. The minimum absolute atomic E-state index is 0.0547. The van der Waals surface area contributed by atoms with Gasteiger partial charge >= 0.3 is 0 Å².